The molecular formula is C19H19N3O. The lowest BCUT2D eigenvalue weighted by Crippen LogP contribution is -2.34. The number of hydrogen-bond acceptors (Lipinski definition) is 4. The molecule has 0 spiro atoms. The molecule has 0 aromatic heterocycles. The number of amidine groups is 1. The Balaban J connectivity index is 1.77. The van der Waals surface area contributed by atoms with Crippen molar-refractivity contribution in [3.8, 4) is 11.5 Å². The number of hydrogen-bond donors (Lipinski definition) is 1. The van der Waals surface area contributed by atoms with E-state index in [9.17, 15) is 0 Å². The second-order valence-corrected chi connectivity index (χ2v) is 5.69. The van der Waals surface area contributed by atoms with Gasteiger partial charge in [0.2, 0.25) is 0 Å². The first-order chi connectivity index (χ1) is 11.4. The summed E-state index contributed by atoms with van der Waals surface area (Å²) in [4.78, 5) is 6.93. The second-order valence-electron chi connectivity index (χ2n) is 5.69. The Hall–Kier alpha value is -2.75. The Morgan fingerprint density at radius 1 is 1.13 bits per heavy atom. The first kappa shape index (κ1) is 13.9. The number of benzene rings is 2. The first-order valence-corrected chi connectivity index (χ1v) is 8.02. The summed E-state index contributed by atoms with van der Waals surface area (Å²) < 4.78 is 6.05. The van der Waals surface area contributed by atoms with Crippen molar-refractivity contribution in [1.29, 1.82) is 0 Å². The van der Waals surface area contributed by atoms with Crippen LogP contribution in [-0.4, -0.2) is 23.8 Å². The van der Waals surface area contributed by atoms with Gasteiger partial charge in [-0.3, -0.25) is 0 Å². The van der Waals surface area contributed by atoms with E-state index < -0.39 is 0 Å². The fourth-order valence-electron chi connectivity index (χ4n) is 3.02. The molecule has 1 N–H and O–H groups in total. The lowest BCUT2D eigenvalue weighted by Gasteiger charge is -2.30. The highest BCUT2D eigenvalue weighted by molar-refractivity contribution is 6.06. The molecule has 2 heterocycles. The van der Waals surface area contributed by atoms with E-state index >= 15 is 0 Å². The number of para-hydroxylation sites is 3. The van der Waals surface area contributed by atoms with Gasteiger partial charge in [-0.05, 0) is 36.8 Å². The van der Waals surface area contributed by atoms with Gasteiger partial charge in [-0.25, -0.2) is 4.99 Å². The molecule has 0 fully saturated rings. The molecule has 116 valence electrons. The Kier molecular flexibility index (Phi) is 3.50. The van der Waals surface area contributed by atoms with E-state index in [-0.39, 0.29) is 0 Å². The zero-order chi connectivity index (χ0) is 15.6. The Morgan fingerprint density at radius 3 is 2.91 bits per heavy atom. The topological polar surface area (TPSA) is 36.9 Å². The summed E-state index contributed by atoms with van der Waals surface area (Å²) in [5, 5.41) is 3.51. The Morgan fingerprint density at radius 2 is 2.00 bits per heavy atom. The number of nitrogens with zero attached hydrogens (tertiary/aromatic N) is 2. The van der Waals surface area contributed by atoms with Crippen LogP contribution in [0.4, 0.5) is 11.4 Å². The molecule has 0 unspecified atom stereocenters. The van der Waals surface area contributed by atoms with Crippen LogP contribution in [0.5, 0.6) is 11.5 Å². The minimum absolute atomic E-state index is 0.843. The molecule has 2 aliphatic rings. The standard InChI is InChI=1S/C19H19N3O/c1-2-12-22-13-6-11-20-19(22)14-7-5-10-17-18(14)21-15-8-3-4-9-16(15)23-17/h3-11,21H,2,12-13H2,1H3. The average molecular weight is 305 g/mol. The molecule has 2 aliphatic heterocycles. The van der Waals surface area contributed by atoms with Gasteiger partial charge in [0.15, 0.2) is 11.5 Å². The van der Waals surface area contributed by atoms with Crippen molar-refractivity contribution in [2.24, 2.45) is 4.99 Å². The smallest absolute Gasteiger partial charge is 0.151 e. The van der Waals surface area contributed by atoms with E-state index in [4.69, 9.17) is 4.74 Å². The highest BCUT2D eigenvalue weighted by Crippen LogP contribution is 2.43. The first-order valence-electron chi connectivity index (χ1n) is 8.02. The monoisotopic (exact) mass is 305 g/mol. The summed E-state index contributed by atoms with van der Waals surface area (Å²) in [6.07, 6.45) is 5.07. The number of aliphatic imine (C=N–C) groups is 1. The minimum Gasteiger partial charge on any atom is -0.453 e. The van der Waals surface area contributed by atoms with Crippen molar-refractivity contribution < 1.29 is 4.74 Å². The molecule has 0 atom stereocenters. The van der Waals surface area contributed by atoms with Crippen LogP contribution in [0.1, 0.15) is 18.9 Å². The maximum Gasteiger partial charge on any atom is 0.151 e. The molecule has 2 aromatic rings. The minimum atomic E-state index is 0.843. The second kappa shape index (κ2) is 5.80. The fourth-order valence-corrected chi connectivity index (χ4v) is 3.02. The van der Waals surface area contributed by atoms with Crippen LogP contribution >= 0.6 is 0 Å². The predicted octanol–water partition coefficient (Wildman–Crippen LogP) is 4.52. The van der Waals surface area contributed by atoms with E-state index in [1.807, 2.05) is 42.6 Å². The van der Waals surface area contributed by atoms with E-state index in [2.05, 4.69) is 34.3 Å². The van der Waals surface area contributed by atoms with Crippen LogP contribution in [0.3, 0.4) is 0 Å². The Bertz CT molecular complexity index is 795. The van der Waals surface area contributed by atoms with Crippen LogP contribution < -0.4 is 10.1 Å². The molecule has 4 heteroatoms. The van der Waals surface area contributed by atoms with Crippen molar-refractivity contribution in [2.45, 2.75) is 13.3 Å². The maximum atomic E-state index is 6.05. The van der Waals surface area contributed by atoms with Gasteiger partial charge in [-0.1, -0.05) is 25.1 Å². The van der Waals surface area contributed by atoms with Crippen LogP contribution in [0.25, 0.3) is 0 Å². The van der Waals surface area contributed by atoms with Crippen molar-refractivity contribution in [2.75, 3.05) is 18.4 Å². The maximum absolute atomic E-state index is 6.05. The Labute approximate surface area is 136 Å². The number of nitrogens with one attached hydrogen (secondary N) is 1. The van der Waals surface area contributed by atoms with Crippen molar-refractivity contribution in [1.82, 2.24) is 4.90 Å². The van der Waals surface area contributed by atoms with E-state index in [0.717, 1.165) is 53.8 Å². The molecule has 4 nitrogen and oxygen atoms in total. The number of ether oxygens (including phenoxy) is 1. The summed E-state index contributed by atoms with van der Waals surface area (Å²) in [6, 6.07) is 14.1. The molecular weight excluding hydrogens is 286 g/mol. The molecule has 23 heavy (non-hydrogen) atoms. The molecule has 0 saturated heterocycles. The fraction of sp³-hybridized carbons (Fsp3) is 0.211. The van der Waals surface area contributed by atoms with Crippen LogP contribution in [-0.2, 0) is 0 Å². The third kappa shape index (κ3) is 2.46. The van der Waals surface area contributed by atoms with Gasteiger partial charge in [0.05, 0.1) is 11.4 Å². The van der Waals surface area contributed by atoms with E-state index in [1.165, 1.54) is 0 Å². The van der Waals surface area contributed by atoms with E-state index in [1.54, 1.807) is 0 Å². The van der Waals surface area contributed by atoms with Gasteiger partial charge < -0.3 is 15.0 Å². The summed E-state index contributed by atoms with van der Waals surface area (Å²) in [7, 11) is 0. The highest BCUT2D eigenvalue weighted by atomic mass is 16.5. The SMILES string of the molecule is CCCN1CC=CN=C1c1cccc2c1Nc1ccccc1O2. The predicted molar refractivity (Wildman–Crippen MR) is 93.8 cm³/mol. The molecule has 0 radical (unpaired) electrons. The van der Waals surface area contributed by atoms with Crippen molar-refractivity contribution >= 4 is 17.2 Å². The zero-order valence-electron chi connectivity index (χ0n) is 13.1. The lowest BCUT2D eigenvalue weighted by molar-refractivity contribution is 0.454. The third-order valence-corrected chi connectivity index (χ3v) is 4.05. The van der Waals surface area contributed by atoms with Gasteiger partial charge in [-0.2, -0.15) is 0 Å². The van der Waals surface area contributed by atoms with Gasteiger partial charge in [-0.15, -0.1) is 0 Å². The lowest BCUT2D eigenvalue weighted by atomic mass is 10.1. The van der Waals surface area contributed by atoms with Crippen LogP contribution in [0.15, 0.2) is 59.7 Å². The molecule has 0 amide bonds. The highest BCUT2D eigenvalue weighted by Gasteiger charge is 2.23. The summed E-state index contributed by atoms with van der Waals surface area (Å²) >= 11 is 0. The van der Waals surface area contributed by atoms with Crippen LogP contribution in [0, 0.1) is 0 Å². The van der Waals surface area contributed by atoms with Gasteiger partial charge in [0, 0.05) is 24.9 Å². The largest absolute Gasteiger partial charge is 0.453 e. The average Bonchev–Trinajstić information content (AvgIpc) is 2.60. The zero-order valence-corrected chi connectivity index (χ0v) is 13.1. The van der Waals surface area contributed by atoms with Crippen molar-refractivity contribution in [3.63, 3.8) is 0 Å². The normalized spacial score (nSPS) is 15.2. The van der Waals surface area contributed by atoms with E-state index in [0.29, 0.717) is 0 Å². The summed E-state index contributed by atoms with van der Waals surface area (Å²) in [5.41, 5.74) is 3.05. The van der Waals surface area contributed by atoms with Gasteiger partial charge in [0.25, 0.3) is 0 Å². The van der Waals surface area contributed by atoms with Gasteiger partial charge in [0.1, 0.15) is 5.84 Å². The summed E-state index contributed by atoms with van der Waals surface area (Å²) in [6.45, 7) is 4.08. The van der Waals surface area contributed by atoms with Crippen molar-refractivity contribution in [3.05, 3.63) is 60.3 Å². The molecule has 4 rings (SSSR count). The summed E-state index contributed by atoms with van der Waals surface area (Å²) in [5.74, 6) is 2.70. The van der Waals surface area contributed by atoms with Crippen LogP contribution in [0.2, 0.25) is 0 Å². The number of fused-ring (bicyclic) bond motifs is 2. The third-order valence-electron chi connectivity index (χ3n) is 4.05. The molecule has 2 aromatic carbocycles. The van der Waals surface area contributed by atoms with Gasteiger partial charge >= 0.3 is 0 Å². The number of anilines is 2. The quantitative estimate of drug-likeness (QED) is 0.773. The molecule has 0 saturated carbocycles. The molecule has 0 aliphatic carbocycles. The number of rotatable bonds is 3. The molecule has 0 bridgehead atoms.